The second-order valence-electron chi connectivity index (χ2n) is 7.43. The van der Waals surface area contributed by atoms with E-state index in [0.29, 0.717) is 26.1 Å². The van der Waals surface area contributed by atoms with Gasteiger partial charge in [0.1, 0.15) is 5.75 Å². The Hall–Kier alpha value is -2.08. The number of amides is 2. The summed E-state index contributed by atoms with van der Waals surface area (Å²) in [6, 6.07) is 8.09. The maximum atomic E-state index is 12.2. The molecule has 2 fully saturated rings. The quantitative estimate of drug-likeness (QED) is 0.826. The minimum atomic E-state index is -0.166. The van der Waals surface area contributed by atoms with Crippen LogP contribution in [0.4, 0.5) is 0 Å². The molecule has 2 heterocycles. The minimum Gasteiger partial charge on any atom is -0.497 e. The third-order valence-corrected chi connectivity index (χ3v) is 5.31. The molecular weight excluding hydrogens is 318 g/mol. The third kappa shape index (κ3) is 3.95. The van der Waals surface area contributed by atoms with Crippen LogP contribution in [0.2, 0.25) is 0 Å². The number of likely N-dealkylation sites (tertiary alicyclic amines) is 1. The van der Waals surface area contributed by atoms with Gasteiger partial charge >= 0.3 is 0 Å². The number of rotatable bonds is 3. The van der Waals surface area contributed by atoms with E-state index in [9.17, 15) is 9.59 Å². The highest BCUT2D eigenvalue weighted by molar-refractivity contribution is 5.79. The highest BCUT2D eigenvalue weighted by atomic mass is 16.5. The van der Waals surface area contributed by atoms with Crippen LogP contribution in [0.1, 0.15) is 18.9 Å². The first kappa shape index (κ1) is 17.7. The molecule has 25 heavy (non-hydrogen) atoms. The van der Waals surface area contributed by atoms with Crippen molar-refractivity contribution in [2.75, 3.05) is 46.9 Å². The molecule has 6 heteroatoms. The van der Waals surface area contributed by atoms with E-state index >= 15 is 0 Å². The molecule has 1 atom stereocenters. The molecule has 1 aromatic carbocycles. The second kappa shape index (κ2) is 7.04. The second-order valence-corrected chi connectivity index (χ2v) is 7.43. The molecule has 0 N–H and O–H groups in total. The van der Waals surface area contributed by atoms with E-state index in [2.05, 4.69) is 17.0 Å². The van der Waals surface area contributed by atoms with Gasteiger partial charge in [-0.25, -0.2) is 0 Å². The Morgan fingerprint density at radius 2 is 1.88 bits per heavy atom. The highest BCUT2D eigenvalue weighted by Gasteiger charge is 2.45. The largest absolute Gasteiger partial charge is 0.497 e. The van der Waals surface area contributed by atoms with E-state index in [4.69, 9.17) is 4.74 Å². The number of nitrogens with zero attached hydrogens (tertiary/aromatic N) is 3. The van der Waals surface area contributed by atoms with Gasteiger partial charge in [0.05, 0.1) is 7.11 Å². The molecule has 1 spiro atoms. The van der Waals surface area contributed by atoms with Gasteiger partial charge in [-0.15, -0.1) is 0 Å². The summed E-state index contributed by atoms with van der Waals surface area (Å²) in [4.78, 5) is 30.2. The molecule has 0 aliphatic carbocycles. The van der Waals surface area contributed by atoms with Crippen molar-refractivity contribution in [1.82, 2.24) is 14.7 Å². The van der Waals surface area contributed by atoms with Crippen molar-refractivity contribution < 1.29 is 14.3 Å². The molecule has 2 aliphatic heterocycles. The van der Waals surface area contributed by atoms with Gasteiger partial charge in [-0.3, -0.25) is 14.5 Å². The first-order valence-electron chi connectivity index (χ1n) is 8.76. The molecule has 3 rings (SSSR count). The van der Waals surface area contributed by atoms with Crippen LogP contribution in [0.25, 0.3) is 0 Å². The summed E-state index contributed by atoms with van der Waals surface area (Å²) in [5.74, 6) is 1.12. The lowest BCUT2D eigenvalue weighted by Gasteiger charge is -2.33. The summed E-state index contributed by atoms with van der Waals surface area (Å²) in [5, 5.41) is 0. The number of ether oxygens (including phenoxy) is 1. The molecular formula is C19H27N3O3. The normalized spacial score (nSPS) is 24.7. The summed E-state index contributed by atoms with van der Waals surface area (Å²) in [5.41, 5.74) is 1.05. The van der Waals surface area contributed by atoms with Crippen LogP contribution in [0.5, 0.6) is 5.75 Å². The summed E-state index contributed by atoms with van der Waals surface area (Å²) in [6.45, 7) is 6.18. The van der Waals surface area contributed by atoms with Crippen LogP contribution in [0, 0.1) is 5.41 Å². The molecule has 2 amide bonds. The maximum absolute atomic E-state index is 12.2. The van der Waals surface area contributed by atoms with E-state index in [1.54, 1.807) is 18.9 Å². The molecule has 136 valence electrons. The van der Waals surface area contributed by atoms with Crippen LogP contribution < -0.4 is 4.74 Å². The molecule has 0 bridgehead atoms. The number of methoxy groups -OCH3 is 1. The van der Waals surface area contributed by atoms with Gasteiger partial charge < -0.3 is 14.5 Å². The number of hydrogen-bond acceptors (Lipinski definition) is 4. The Kier molecular flexibility index (Phi) is 4.99. The zero-order valence-corrected chi connectivity index (χ0v) is 15.3. The highest BCUT2D eigenvalue weighted by Crippen LogP contribution is 2.34. The molecule has 0 aromatic heterocycles. The lowest BCUT2D eigenvalue weighted by molar-refractivity contribution is -0.130. The van der Waals surface area contributed by atoms with Crippen LogP contribution in [0.15, 0.2) is 24.3 Å². The molecule has 2 saturated heterocycles. The lowest BCUT2D eigenvalue weighted by atomic mass is 9.86. The zero-order chi connectivity index (χ0) is 18.0. The fourth-order valence-corrected chi connectivity index (χ4v) is 4.06. The van der Waals surface area contributed by atoms with Crippen molar-refractivity contribution in [1.29, 1.82) is 0 Å². The summed E-state index contributed by atoms with van der Waals surface area (Å²) in [6.07, 6.45) is 0.520. The van der Waals surface area contributed by atoms with E-state index in [1.807, 2.05) is 24.1 Å². The number of carbonyl (C=O) groups is 2. The number of hydrogen-bond donors (Lipinski definition) is 0. The Balaban J connectivity index is 1.77. The predicted octanol–water partition coefficient (Wildman–Crippen LogP) is 1.21. The Morgan fingerprint density at radius 3 is 2.44 bits per heavy atom. The average molecular weight is 345 g/mol. The average Bonchev–Trinajstić information content (AvgIpc) is 2.74. The third-order valence-electron chi connectivity index (χ3n) is 5.31. The fraction of sp³-hybridized carbons (Fsp3) is 0.579. The van der Waals surface area contributed by atoms with Crippen molar-refractivity contribution >= 4 is 11.8 Å². The first-order chi connectivity index (χ1) is 11.9. The van der Waals surface area contributed by atoms with Crippen LogP contribution in [-0.4, -0.2) is 73.4 Å². The molecule has 6 nitrogen and oxygen atoms in total. The molecule has 0 radical (unpaired) electrons. The van der Waals surface area contributed by atoms with Crippen molar-refractivity contribution in [3.8, 4) is 5.75 Å². The SMILES string of the molecule is COc1ccc(CN2CCN(C(C)=O)C[C@]3(CC(=O)N(C)C3)C2)cc1. The van der Waals surface area contributed by atoms with Crippen molar-refractivity contribution in [2.45, 2.75) is 19.9 Å². The molecule has 0 unspecified atom stereocenters. The minimum absolute atomic E-state index is 0.0904. The van der Waals surface area contributed by atoms with Crippen molar-refractivity contribution in [2.24, 2.45) is 5.41 Å². The van der Waals surface area contributed by atoms with E-state index < -0.39 is 0 Å². The van der Waals surface area contributed by atoms with E-state index in [-0.39, 0.29) is 17.2 Å². The van der Waals surface area contributed by atoms with E-state index in [0.717, 1.165) is 25.4 Å². The van der Waals surface area contributed by atoms with Crippen molar-refractivity contribution in [3.05, 3.63) is 29.8 Å². The van der Waals surface area contributed by atoms with E-state index in [1.165, 1.54) is 5.56 Å². The lowest BCUT2D eigenvalue weighted by Crippen LogP contribution is -2.43. The van der Waals surface area contributed by atoms with Crippen LogP contribution in [-0.2, 0) is 16.1 Å². The first-order valence-corrected chi connectivity index (χ1v) is 8.76. The maximum Gasteiger partial charge on any atom is 0.223 e. The standard InChI is InChI=1S/C19H27N3O3/c1-15(23)22-9-8-21(11-16-4-6-17(25-3)7-5-16)13-19(14-22)10-18(24)20(2)12-19/h4-7H,8-14H2,1-3H3/t19-/m0/s1. The van der Waals surface area contributed by atoms with Gasteiger partial charge in [-0.1, -0.05) is 12.1 Å². The summed E-state index contributed by atoms with van der Waals surface area (Å²) in [7, 11) is 3.52. The zero-order valence-electron chi connectivity index (χ0n) is 15.3. The van der Waals surface area contributed by atoms with Crippen molar-refractivity contribution in [3.63, 3.8) is 0 Å². The van der Waals surface area contributed by atoms with Crippen LogP contribution >= 0.6 is 0 Å². The Labute approximate surface area is 149 Å². The van der Waals surface area contributed by atoms with Gasteiger partial charge in [0.25, 0.3) is 0 Å². The Morgan fingerprint density at radius 1 is 1.16 bits per heavy atom. The molecule has 1 aromatic rings. The molecule has 0 saturated carbocycles. The van der Waals surface area contributed by atoms with Gasteiger partial charge in [0.15, 0.2) is 0 Å². The monoisotopic (exact) mass is 345 g/mol. The summed E-state index contributed by atoms with van der Waals surface area (Å²) < 4.78 is 5.22. The molecule has 2 aliphatic rings. The Bertz CT molecular complexity index is 646. The van der Waals surface area contributed by atoms with Crippen LogP contribution in [0.3, 0.4) is 0 Å². The van der Waals surface area contributed by atoms with Gasteiger partial charge in [0.2, 0.25) is 11.8 Å². The summed E-state index contributed by atoms with van der Waals surface area (Å²) >= 11 is 0. The fourth-order valence-electron chi connectivity index (χ4n) is 4.06. The number of benzene rings is 1. The predicted molar refractivity (Wildman–Crippen MR) is 95.2 cm³/mol. The van der Waals surface area contributed by atoms with Gasteiger partial charge in [0, 0.05) is 65.1 Å². The smallest absolute Gasteiger partial charge is 0.223 e. The topological polar surface area (TPSA) is 53.1 Å². The number of carbonyl (C=O) groups excluding carboxylic acids is 2. The van der Waals surface area contributed by atoms with Gasteiger partial charge in [-0.05, 0) is 17.7 Å². The van der Waals surface area contributed by atoms with Gasteiger partial charge in [-0.2, -0.15) is 0 Å².